The first kappa shape index (κ1) is 18.1. The van der Waals surface area contributed by atoms with Gasteiger partial charge in [-0.3, -0.25) is 14.9 Å². The highest BCUT2D eigenvalue weighted by Crippen LogP contribution is 2.33. The van der Waals surface area contributed by atoms with Crippen LogP contribution in [0.25, 0.3) is 6.08 Å². The van der Waals surface area contributed by atoms with Gasteiger partial charge in [0, 0.05) is 5.56 Å². The molecular formula is C19H15FN2O5. The number of amides is 4. The monoisotopic (exact) mass is 370 g/mol. The molecule has 1 aliphatic rings. The predicted octanol–water partition coefficient (Wildman–Crippen LogP) is 2.51. The molecule has 0 aliphatic carbocycles. The quantitative estimate of drug-likeness (QED) is 0.660. The van der Waals surface area contributed by atoms with Gasteiger partial charge in [-0.2, -0.15) is 0 Å². The van der Waals surface area contributed by atoms with Crippen molar-refractivity contribution in [3.05, 3.63) is 59.4 Å². The number of nitrogens with one attached hydrogen (secondary N) is 1. The van der Waals surface area contributed by atoms with E-state index in [-0.39, 0.29) is 11.3 Å². The second kappa shape index (κ2) is 7.28. The number of rotatable bonds is 4. The molecule has 1 fully saturated rings. The minimum absolute atomic E-state index is 0.134. The second-order valence-corrected chi connectivity index (χ2v) is 5.52. The van der Waals surface area contributed by atoms with Crippen molar-refractivity contribution in [1.29, 1.82) is 0 Å². The van der Waals surface area contributed by atoms with E-state index in [1.165, 1.54) is 32.4 Å². The average Bonchev–Trinajstić information content (AvgIpc) is 2.66. The van der Waals surface area contributed by atoms with Gasteiger partial charge in [-0.05, 0) is 36.4 Å². The van der Waals surface area contributed by atoms with Crippen LogP contribution < -0.4 is 19.7 Å². The SMILES string of the molecule is COc1cccc(/C=C2\C(=O)NC(=O)N(c3ccc(F)cc3)C2=O)c1OC. The topological polar surface area (TPSA) is 84.9 Å². The first-order valence-electron chi connectivity index (χ1n) is 7.84. The van der Waals surface area contributed by atoms with E-state index in [0.717, 1.165) is 17.0 Å². The molecule has 0 aromatic heterocycles. The number of carbonyl (C=O) groups excluding carboxylic acids is 3. The Morgan fingerprint density at radius 3 is 2.33 bits per heavy atom. The Balaban J connectivity index is 2.06. The molecule has 1 aliphatic heterocycles. The number of halogens is 1. The van der Waals surface area contributed by atoms with Gasteiger partial charge in [0.25, 0.3) is 11.8 Å². The molecule has 27 heavy (non-hydrogen) atoms. The third-order valence-corrected chi connectivity index (χ3v) is 3.92. The molecule has 1 N–H and O–H groups in total. The van der Waals surface area contributed by atoms with Crippen molar-refractivity contribution in [1.82, 2.24) is 5.32 Å². The molecule has 2 aromatic rings. The van der Waals surface area contributed by atoms with Crippen LogP contribution in [0.3, 0.4) is 0 Å². The number of imide groups is 2. The van der Waals surface area contributed by atoms with Gasteiger partial charge in [-0.1, -0.05) is 12.1 Å². The van der Waals surface area contributed by atoms with E-state index in [1.807, 2.05) is 0 Å². The molecule has 2 aromatic carbocycles. The van der Waals surface area contributed by atoms with Crippen LogP contribution in [0.15, 0.2) is 48.0 Å². The molecule has 1 heterocycles. The van der Waals surface area contributed by atoms with Gasteiger partial charge in [0.15, 0.2) is 11.5 Å². The summed E-state index contributed by atoms with van der Waals surface area (Å²) in [5, 5.41) is 2.10. The molecule has 0 radical (unpaired) electrons. The maximum absolute atomic E-state index is 13.1. The molecule has 7 nitrogen and oxygen atoms in total. The number of para-hydroxylation sites is 1. The number of nitrogens with zero attached hydrogens (tertiary/aromatic N) is 1. The van der Waals surface area contributed by atoms with E-state index >= 15 is 0 Å². The first-order valence-corrected chi connectivity index (χ1v) is 7.84. The zero-order chi connectivity index (χ0) is 19.6. The lowest BCUT2D eigenvalue weighted by Gasteiger charge is -2.26. The fourth-order valence-electron chi connectivity index (χ4n) is 2.66. The highest BCUT2D eigenvalue weighted by molar-refractivity contribution is 6.39. The van der Waals surface area contributed by atoms with Crippen LogP contribution >= 0.6 is 0 Å². The van der Waals surface area contributed by atoms with E-state index in [0.29, 0.717) is 17.1 Å². The predicted molar refractivity (Wildman–Crippen MR) is 94.9 cm³/mol. The van der Waals surface area contributed by atoms with Gasteiger partial charge in [-0.15, -0.1) is 0 Å². The zero-order valence-corrected chi connectivity index (χ0v) is 14.5. The maximum Gasteiger partial charge on any atom is 0.335 e. The van der Waals surface area contributed by atoms with Gasteiger partial charge in [-0.25, -0.2) is 14.1 Å². The third-order valence-electron chi connectivity index (χ3n) is 3.92. The normalized spacial score (nSPS) is 15.7. The smallest absolute Gasteiger partial charge is 0.335 e. The summed E-state index contributed by atoms with van der Waals surface area (Å²) in [6.45, 7) is 0. The van der Waals surface area contributed by atoms with Gasteiger partial charge in [0.05, 0.1) is 19.9 Å². The Labute approximate surface area is 154 Å². The average molecular weight is 370 g/mol. The van der Waals surface area contributed by atoms with Gasteiger partial charge < -0.3 is 9.47 Å². The Morgan fingerprint density at radius 1 is 1.00 bits per heavy atom. The summed E-state index contributed by atoms with van der Waals surface area (Å²) in [6.07, 6.45) is 1.31. The van der Waals surface area contributed by atoms with Crippen molar-refractivity contribution >= 4 is 29.6 Å². The lowest BCUT2D eigenvalue weighted by atomic mass is 10.1. The standard InChI is InChI=1S/C19H15FN2O5/c1-26-15-5-3-4-11(16(15)27-2)10-14-17(23)21-19(25)22(18(14)24)13-8-6-12(20)7-9-13/h3-10H,1-2H3,(H,21,23,25)/b14-10+. The van der Waals surface area contributed by atoms with Gasteiger partial charge in [0.2, 0.25) is 0 Å². The molecule has 0 spiro atoms. The summed E-state index contributed by atoms with van der Waals surface area (Å²) in [6, 6.07) is 8.82. The Bertz CT molecular complexity index is 953. The minimum Gasteiger partial charge on any atom is -0.493 e. The van der Waals surface area contributed by atoms with Crippen LogP contribution in [0.4, 0.5) is 14.9 Å². The van der Waals surface area contributed by atoms with Crippen molar-refractivity contribution in [2.45, 2.75) is 0 Å². The minimum atomic E-state index is -0.911. The summed E-state index contributed by atoms with van der Waals surface area (Å²) in [5.74, 6) is -1.44. The largest absolute Gasteiger partial charge is 0.493 e. The zero-order valence-electron chi connectivity index (χ0n) is 14.5. The molecule has 4 amide bonds. The fraction of sp³-hybridized carbons (Fsp3) is 0.105. The van der Waals surface area contributed by atoms with Crippen LogP contribution in [-0.2, 0) is 9.59 Å². The molecule has 0 bridgehead atoms. The second-order valence-electron chi connectivity index (χ2n) is 5.52. The molecule has 1 saturated heterocycles. The molecule has 0 atom stereocenters. The lowest BCUT2D eigenvalue weighted by Crippen LogP contribution is -2.54. The summed E-state index contributed by atoms with van der Waals surface area (Å²) >= 11 is 0. The van der Waals surface area contributed by atoms with E-state index in [1.54, 1.807) is 18.2 Å². The van der Waals surface area contributed by atoms with E-state index in [4.69, 9.17) is 9.47 Å². The van der Waals surface area contributed by atoms with Gasteiger partial charge >= 0.3 is 6.03 Å². The number of barbiturate groups is 1. The fourth-order valence-corrected chi connectivity index (χ4v) is 2.66. The molecule has 0 saturated carbocycles. The van der Waals surface area contributed by atoms with E-state index in [2.05, 4.69) is 5.32 Å². The number of benzene rings is 2. The van der Waals surface area contributed by atoms with Crippen molar-refractivity contribution in [3.8, 4) is 11.5 Å². The number of ether oxygens (including phenoxy) is 2. The lowest BCUT2D eigenvalue weighted by molar-refractivity contribution is -0.122. The van der Waals surface area contributed by atoms with Crippen molar-refractivity contribution in [3.63, 3.8) is 0 Å². The Kier molecular flexibility index (Phi) is 4.89. The van der Waals surface area contributed by atoms with Gasteiger partial charge in [0.1, 0.15) is 11.4 Å². The summed E-state index contributed by atoms with van der Waals surface area (Å²) < 4.78 is 23.6. The van der Waals surface area contributed by atoms with E-state index in [9.17, 15) is 18.8 Å². The summed E-state index contributed by atoms with van der Waals surface area (Å²) in [5.41, 5.74) is 0.282. The number of carbonyl (C=O) groups is 3. The van der Waals surface area contributed by atoms with Crippen LogP contribution in [-0.4, -0.2) is 32.1 Å². The van der Waals surface area contributed by atoms with Crippen LogP contribution in [0, 0.1) is 5.82 Å². The number of hydrogen-bond acceptors (Lipinski definition) is 5. The molecule has 0 unspecified atom stereocenters. The van der Waals surface area contributed by atoms with E-state index < -0.39 is 23.7 Å². The highest BCUT2D eigenvalue weighted by Gasteiger charge is 2.37. The number of anilines is 1. The Morgan fingerprint density at radius 2 is 1.70 bits per heavy atom. The van der Waals surface area contributed by atoms with Crippen LogP contribution in [0.5, 0.6) is 11.5 Å². The molecule has 8 heteroatoms. The Hall–Kier alpha value is -3.68. The summed E-state index contributed by atoms with van der Waals surface area (Å²) in [4.78, 5) is 37.9. The summed E-state index contributed by atoms with van der Waals surface area (Å²) in [7, 11) is 2.89. The number of urea groups is 1. The third kappa shape index (κ3) is 3.37. The number of hydrogen-bond donors (Lipinski definition) is 1. The maximum atomic E-state index is 13.1. The molecule has 3 rings (SSSR count). The van der Waals surface area contributed by atoms with Crippen LogP contribution in [0.2, 0.25) is 0 Å². The molecular weight excluding hydrogens is 355 g/mol. The number of methoxy groups -OCH3 is 2. The van der Waals surface area contributed by atoms with Crippen molar-refractivity contribution in [2.24, 2.45) is 0 Å². The molecule has 138 valence electrons. The van der Waals surface area contributed by atoms with Crippen molar-refractivity contribution < 1.29 is 28.2 Å². The van der Waals surface area contributed by atoms with Crippen molar-refractivity contribution in [2.75, 3.05) is 19.1 Å². The van der Waals surface area contributed by atoms with Crippen LogP contribution in [0.1, 0.15) is 5.56 Å². The highest BCUT2D eigenvalue weighted by atomic mass is 19.1. The first-order chi connectivity index (χ1) is 13.0.